The summed E-state index contributed by atoms with van der Waals surface area (Å²) < 4.78 is 0. The molecular weight excluding hydrogens is 451 g/mol. The predicted octanol–water partition coefficient (Wildman–Crippen LogP) is 6.99. The normalized spacial score (nSPS) is 24.4. The van der Waals surface area contributed by atoms with E-state index in [2.05, 4.69) is 55.3 Å². The van der Waals surface area contributed by atoms with Crippen molar-refractivity contribution in [3.8, 4) is 0 Å². The zero-order valence-electron chi connectivity index (χ0n) is 20.0. The Balaban J connectivity index is 1.35. The Morgan fingerprint density at radius 2 is 1.76 bits per heavy atom. The van der Waals surface area contributed by atoms with Gasteiger partial charge < -0.3 is 10.2 Å². The van der Waals surface area contributed by atoms with E-state index in [1.54, 1.807) is 6.07 Å². The average molecular weight is 488 g/mol. The number of halogens is 2. The summed E-state index contributed by atoms with van der Waals surface area (Å²) in [5, 5.41) is 4.27. The monoisotopic (exact) mass is 486 g/mol. The fourth-order valence-corrected chi connectivity index (χ4v) is 6.12. The van der Waals surface area contributed by atoms with Crippen LogP contribution in [0.5, 0.6) is 0 Å². The number of hydrogen-bond acceptors (Lipinski definition) is 2. The van der Waals surface area contributed by atoms with Gasteiger partial charge in [0.1, 0.15) is 0 Å². The summed E-state index contributed by atoms with van der Waals surface area (Å²) in [4.78, 5) is 16.1. The molecule has 0 bridgehead atoms. The molecule has 2 unspecified atom stereocenters. The lowest BCUT2D eigenvalue weighted by Crippen LogP contribution is -2.45. The van der Waals surface area contributed by atoms with Gasteiger partial charge in [0.15, 0.2) is 0 Å². The molecule has 2 atom stereocenters. The third-order valence-corrected chi connectivity index (χ3v) is 8.85. The lowest BCUT2D eigenvalue weighted by molar-refractivity contribution is -0.133. The molecule has 33 heavy (non-hydrogen) atoms. The smallest absolute Gasteiger partial charge is 0.226 e. The van der Waals surface area contributed by atoms with Crippen molar-refractivity contribution in [1.82, 2.24) is 10.2 Å². The molecule has 1 aliphatic carbocycles. The van der Waals surface area contributed by atoms with Crippen LogP contribution < -0.4 is 5.32 Å². The topological polar surface area (TPSA) is 32.3 Å². The maximum absolute atomic E-state index is 13.4. The van der Waals surface area contributed by atoms with Crippen molar-refractivity contribution in [2.75, 3.05) is 13.1 Å². The van der Waals surface area contributed by atoms with Gasteiger partial charge in [0.05, 0.1) is 15.5 Å². The van der Waals surface area contributed by atoms with Crippen LogP contribution in [0.15, 0.2) is 42.5 Å². The van der Waals surface area contributed by atoms with Crippen molar-refractivity contribution in [2.45, 2.75) is 71.4 Å². The molecule has 0 spiro atoms. The SMILES string of the molecule is Cc1ccc(C2CCN(C3CCC(C(=O)NCc4ccc(Cl)c(Cl)c4)(C(C)C)C3)CC2)cc1. The van der Waals surface area contributed by atoms with Gasteiger partial charge in [-0.2, -0.15) is 0 Å². The summed E-state index contributed by atoms with van der Waals surface area (Å²) in [6.07, 6.45) is 5.43. The highest BCUT2D eigenvalue weighted by atomic mass is 35.5. The molecule has 0 aromatic heterocycles. The largest absolute Gasteiger partial charge is 0.352 e. The van der Waals surface area contributed by atoms with Gasteiger partial charge >= 0.3 is 0 Å². The lowest BCUT2D eigenvalue weighted by Gasteiger charge is -2.38. The summed E-state index contributed by atoms with van der Waals surface area (Å²) in [6, 6.07) is 15.1. The molecule has 1 N–H and O–H groups in total. The Bertz CT molecular complexity index is 966. The van der Waals surface area contributed by atoms with Crippen molar-refractivity contribution in [1.29, 1.82) is 0 Å². The van der Waals surface area contributed by atoms with Crippen LogP contribution in [0.3, 0.4) is 0 Å². The van der Waals surface area contributed by atoms with E-state index in [1.165, 1.54) is 24.0 Å². The highest BCUT2D eigenvalue weighted by molar-refractivity contribution is 6.42. The van der Waals surface area contributed by atoms with Crippen LogP contribution in [-0.4, -0.2) is 29.9 Å². The zero-order valence-corrected chi connectivity index (χ0v) is 21.6. The minimum Gasteiger partial charge on any atom is -0.352 e. The molecule has 1 amide bonds. The minimum absolute atomic E-state index is 0.181. The van der Waals surface area contributed by atoms with E-state index in [4.69, 9.17) is 23.2 Å². The number of rotatable bonds is 6. The van der Waals surface area contributed by atoms with Gasteiger partial charge in [0.25, 0.3) is 0 Å². The third-order valence-electron chi connectivity index (χ3n) is 8.11. The summed E-state index contributed by atoms with van der Waals surface area (Å²) >= 11 is 12.2. The van der Waals surface area contributed by atoms with E-state index in [0.717, 1.165) is 37.9 Å². The molecule has 3 nitrogen and oxygen atoms in total. The van der Waals surface area contributed by atoms with Crippen molar-refractivity contribution >= 4 is 29.1 Å². The number of piperidine rings is 1. The minimum atomic E-state index is -0.297. The predicted molar refractivity (Wildman–Crippen MR) is 138 cm³/mol. The van der Waals surface area contributed by atoms with Crippen molar-refractivity contribution < 1.29 is 4.79 Å². The molecule has 4 rings (SSSR count). The first-order valence-corrected chi connectivity index (χ1v) is 13.1. The van der Waals surface area contributed by atoms with Gasteiger partial charge in [-0.15, -0.1) is 0 Å². The van der Waals surface area contributed by atoms with Gasteiger partial charge in [0, 0.05) is 12.6 Å². The number of carbonyl (C=O) groups excluding carboxylic acids is 1. The van der Waals surface area contributed by atoms with Crippen LogP contribution in [0.25, 0.3) is 0 Å². The molecule has 1 saturated heterocycles. The highest BCUT2D eigenvalue weighted by Crippen LogP contribution is 2.47. The van der Waals surface area contributed by atoms with E-state index in [1.807, 2.05) is 12.1 Å². The maximum Gasteiger partial charge on any atom is 0.226 e. The van der Waals surface area contributed by atoms with Crippen molar-refractivity contribution in [2.24, 2.45) is 11.3 Å². The van der Waals surface area contributed by atoms with E-state index in [0.29, 0.717) is 34.5 Å². The number of nitrogens with zero attached hydrogens (tertiary/aromatic N) is 1. The van der Waals surface area contributed by atoms with Crippen molar-refractivity contribution in [3.05, 3.63) is 69.2 Å². The van der Waals surface area contributed by atoms with Gasteiger partial charge in [-0.1, -0.05) is 72.9 Å². The highest BCUT2D eigenvalue weighted by Gasteiger charge is 2.48. The number of carbonyl (C=O) groups is 1. The number of likely N-dealkylation sites (tertiary alicyclic amines) is 1. The molecule has 1 heterocycles. The van der Waals surface area contributed by atoms with E-state index in [-0.39, 0.29) is 11.3 Å². The van der Waals surface area contributed by atoms with Crippen LogP contribution in [0.1, 0.15) is 68.6 Å². The fourth-order valence-electron chi connectivity index (χ4n) is 5.80. The number of amides is 1. The Labute approximate surface area is 208 Å². The van der Waals surface area contributed by atoms with Crippen LogP contribution in [0.2, 0.25) is 10.0 Å². The van der Waals surface area contributed by atoms with E-state index < -0.39 is 0 Å². The molecule has 1 aliphatic heterocycles. The second kappa shape index (κ2) is 10.4. The number of aryl methyl sites for hydroxylation is 1. The second-order valence-corrected chi connectivity index (χ2v) is 11.2. The van der Waals surface area contributed by atoms with Gasteiger partial charge in [-0.3, -0.25) is 4.79 Å². The molecule has 1 saturated carbocycles. The first-order valence-electron chi connectivity index (χ1n) is 12.3. The molecule has 2 aliphatic rings. The molecule has 178 valence electrons. The van der Waals surface area contributed by atoms with Gasteiger partial charge in [-0.25, -0.2) is 0 Å². The lowest BCUT2D eigenvalue weighted by atomic mass is 9.74. The Hall–Kier alpha value is -1.55. The zero-order chi connectivity index (χ0) is 23.6. The van der Waals surface area contributed by atoms with Crippen molar-refractivity contribution in [3.63, 3.8) is 0 Å². The molecule has 2 aromatic carbocycles. The summed E-state index contributed by atoms with van der Waals surface area (Å²) in [5.74, 6) is 1.15. The molecule has 0 radical (unpaired) electrons. The van der Waals surface area contributed by atoms with Crippen LogP contribution in [0, 0.1) is 18.3 Å². The standard InChI is InChI=1S/C28H36Cl2N2O/c1-19(2)28(27(33)31-18-21-6-9-25(29)26(30)16-21)13-10-24(17-28)32-14-11-23(12-15-32)22-7-4-20(3)5-8-22/h4-9,16,19,23-24H,10-15,17-18H2,1-3H3,(H,31,33). The van der Waals surface area contributed by atoms with Gasteiger partial charge in [-0.05, 0) is 87.2 Å². The summed E-state index contributed by atoms with van der Waals surface area (Å²) in [6.45, 7) is 9.28. The Kier molecular flexibility index (Phi) is 7.73. The fraction of sp³-hybridized carbons (Fsp3) is 0.536. The molecule has 2 fully saturated rings. The van der Waals surface area contributed by atoms with Crippen LogP contribution in [0.4, 0.5) is 0 Å². The maximum atomic E-state index is 13.4. The first-order chi connectivity index (χ1) is 15.8. The van der Waals surface area contributed by atoms with E-state index >= 15 is 0 Å². The number of hydrogen-bond donors (Lipinski definition) is 1. The first kappa shape index (κ1) is 24.6. The number of benzene rings is 2. The van der Waals surface area contributed by atoms with Crippen LogP contribution >= 0.6 is 23.2 Å². The Morgan fingerprint density at radius 3 is 2.39 bits per heavy atom. The second-order valence-electron chi connectivity index (χ2n) is 10.4. The molecular formula is C28H36Cl2N2O. The molecule has 5 heteroatoms. The summed E-state index contributed by atoms with van der Waals surface area (Å²) in [7, 11) is 0. The average Bonchev–Trinajstić information content (AvgIpc) is 3.27. The number of nitrogens with one attached hydrogen (secondary N) is 1. The van der Waals surface area contributed by atoms with E-state index in [9.17, 15) is 4.79 Å². The quantitative estimate of drug-likeness (QED) is 0.476. The summed E-state index contributed by atoms with van der Waals surface area (Å²) in [5.41, 5.74) is 3.48. The molecule has 2 aromatic rings. The van der Waals surface area contributed by atoms with Gasteiger partial charge in [0.2, 0.25) is 5.91 Å². The third kappa shape index (κ3) is 5.42. The Morgan fingerprint density at radius 1 is 1.06 bits per heavy atom. The van der Waals surface area contributed by atoms with Crippen LogP contribution in [-0.2, 0) is 11.3 Å².